The molecule has 106 valence electrons. The molecule has 0 N–H and O–H groups in total. The van der Waals surface area contributed by atoms with Crippen molar-refractivity contribution >= 4 is 5.97 Å². The topological polar surface area (TPSA) is 35.5 Å². The van der Waals surface area contributed by atoms with Crippen molar-refractivity contribution in [1.82, 2.24) is 0 Å². The summed E-state index contributed by atoms with van der Waals surface area (Å²) < 4.78 is 10.7. The summed E-state index contributed by atoms with van der Waals surface area (Å²) in [7, 11) is 0. The maximum atomic E-state index is 11.5. The van der Waals surface area contributed by atoms with Crippen LogP contribution in [-0.4, -0.2) is 19.2 Å². The molecule has 3 nitrogen and oxygen atoms in total. The zero-order valence-electron chi connectivity index (χ0n) is 12.4. The highest BCUT2D eigenvalue weighted by Crippen LogP contribution is 2.28. The van der Waals surface area contributed by atoms with Crippen molar-refractivity contribution in [2.45, 2.75) is 46.5 Å². The molecule has 0 saturated heterocycles. The van der Waals surface area contributed by atoms with Crippen molar-refractivity contribution in [3.05, 3.63) is 29.3 Å². The van der Waals surface area contributed by atoms with Crippen LogP contribution in [0.1, 0.15) is 51.2 Å². The molecule has 0 fully saturated rings. The van der Waals surface area contributed by atoms with E-state index in [-0.39, 0.29) is 5.97 Å². The van der Waals surface area contributed by atoms with Crippen LogP contribution >= 0.6 is 0 Å². The molecule has 19 heavy (non-hydrogen) atoms. The third kappa shape index (κ3) is 4.93. The number of carbonyl (C=O) groups excluding carboxylic acids is 1. The van der Waals surface area contributed by atoms with E-state index in [1.165, 1.54) is 0 Å². The third-order valence-electron chi connectivity index (χ3n) is 2.81. The second-order valence-corrected chi connectivity index (χ2v) is 4.86. The van der Waals surface area contributed by atoms with Crippen molar-refractivity contribution in [3.63, 3.8) is 0 Å². The number of carbonyl (C=O) groups is 1. The number of ether oxygens (including phenoxy) is 2. The Morgan fingerprint density at radius 3 is 2.58 bits per heavy atom. The van der Waals surface area contributed by atoms with Crippen LogP contribution in [0.15, 0.2) is 18.2 Å². The van der Waals surface area contributed by atoms with Gasteiger partial charge in [0.05, 0.1) is 19.6 Å². The van der Waals surface area contributed by atoms with Crippen molar-refractivity contribution in [1.29, 1.82) is 0 Å². The van der Waals surface area contributed by atoms with Gasteiger partial charge in [-0.25, -0.2) is 0 Å². The second-order valence-electron chi connectivity index (χ2n) is 4.86. The van der Waals surface area contributed by atoms with Gasteiger partial charge in [-0.05, 0) is 36.5 Å². The molecule has 0 amide bonds. The first-order valence-corrected chi connectivity index (χ1v) is 6.99. The van der Waals surface area contributed by atoms with Crippen LogP contribution in [0.3, 0.4) is 0 Å². The number of esters is 1. The number of rotatable bonds is 7. The highest BCUT2D eigenvalue weighted by Gasteiger charge is 2.11. The fourth-order valence-electron chi connectivity index (χ4n) is 1.88. The molecule has 0 unspecified atom stereocenters. The lowest BCUT2D eigenvalue weighted by Crippen LogP contribution is -2.08. The van der Waals surface area contributed by atoms with E-state index in [9.17, 15) is 4.79 Å². The van der Waals surface area contributed by atoms with E-state index in [0.717, 1.165) is 29.9 Å². The summed E-state index contributed by atoms with van der Waals surface area (Å²) in [6.07, 6.45) is 1.31. The van der Waals surface area contributed by atoms with Gasteiger partial charge in [0.15, 0.2) is 0 Å². The summed E-state index contributed by atoms with van der Waals surface area (Å²) in [6.45, 7) is 9.30. The third-order valence-corrected chi connectivity index (χ3v) is 2.81. The maximum Gasteiger partial charge on any atom is 0.310 e. The fraction of sp³-hybridized carbons (Fsp3) is 0.562. The Labute approximate surface area is 115 Å². The first-order valence-electron chi connectivity index (χ1n) is 6.99. The van der Waals surface area contributed by atoms with Gasteiger partial charge in [-0.2, -0.15) is 0 Å². The molecule has 3 heteroatoms. The van der Waals surface area contributed by atoms with E-state index in [4.69, 9.17) is 9.47 Å². The zero-order chi connectivity index (χ0) is 14.3. The van der Waals surface area contributed by atoms with Crippen LogP contribution in [0.5, 0.6) is 5.75 Å². The molecule has 0 heterocycles. The first kappa shape index (κ1) is 15.5. The van der Waals surface area contributed by atoms with Gasteiger partial charge in [0.1, 0.15) is 5.75 Å². The highest BCUT2D eigenvalue weighted by atomic mass is 16.5. The normalized spacial score (nSPS) is 10.6. The highest BCUT2D eigenvalue weighted by molar-refractivity contribution is 5.72. The average Bonchev–Trinajstić information content (AvgIpc) is 2.37. The average molecular weight is 264 g/mol. The Morgan fingerprint density at radius 2 is 2.00 bits per heavy atom. The number of hydrogen-bond donors (Lipinski definition) is 0. The predicted molar refractivity (Wildman–Crippen MR) is 76.7 cm³/mol. The van der Waals surface area contributed by atoms with Gasteiger partial charge in [-0.3, -0.25) is 4.79 Å². The van der Waals surface area contributed by atoms with Crippen LogP contribution in [0, 0.1) is 0 Å². The first-order chi connectivity index (χ1) is 9.08. The van der Waals surface area contributed by atoms with E-state index < -0.39 is 0 Å². The minimum atomic E-state index is -0.181. The Morgan fingerprint density at radius 1 is 1.26 bits per heavy atom. The van der Waals surface area contributed by atoms with Crippen molar-refractivity contribution in [2.75, 3.05) is 13.2 Å². The van der Waals surface area contributed by atoms with Crippen LogP contribution < -0.4 is 4.74 Å². The SMILES string of the molecule is CCCOc1ccc(CC(=O)OCC)cc1C(C)C. The lowest BCUT2D eigenvalue weighted by atomic mass is 9.98. The molecule has 0 aliphatic heterocycles. The van der Waals surface area contributed by atoms with Crippen molar-refractivity contribution < 1.29 is 14.3 Å². The molecule has 0 saturated carbocycles. The molecule has 0 atom stereocenters. The summed E-state index contributed by atoms with van der Waals surface area (Å²) in [5.74, 6) is 1.11. The number of hydrogen-bond acceptors (Lipinski definition) is 3. The van der Waals surface area contributed by atoms with Crippen molar-refractivity contribution in [2.24, 2.45) is 0 Å². The minimum Gasteiger partial charge on any atom is -0.493 e. The van der Waals surface area contributed by atoms with Gasteiger partial charge in [-0.1, -0.05) is 32.9 Å². The molecule has 0 radical (unpaired) electrons. The van der Waals surface area contributed by atoms with E-state index in [1.54, 1.807) is 0 Å². The Bertz CT molecular complexity index is 410. The minimum absolute atomic E-state index is 0.181. The van der Waals surface area contributed by atoms with E-state index in [0.29, 0.717) is 18.9 Å². The Hall–Kier alpha value is -1.51. The molecule has 0 aliphatic rings. The van der Waals surface area contributed by atoms with Crippen molar-refractivity contribution in [3.8, 4) is 5.75 Å². The van der Waals surface area contributed by atoms with Gasteiger partial charge in [0.2, 0.25) is 0 Å². The monoisotopic (exact) mass is 264 g/mol. The lowest BCUT2D eigenvalue weighted by Gasteiger charge is -2.15. The molecule has 0 aliphatic carbocycles. The summed E-state index contributed by atoms with van der Waals surface area (Å²) in [4.78, 5) is 11.5. The largest absolute Gasteiger partial charge is 0.493 e. The smallest absolute Gasteiger partial charge is 0.310 e. The molecule has 0 bridgehead atoms. The number of benzene rings is 1. The Kier molecular flexibility index (Phi) is 6.40. The van der Waals surface area contributed by atoms with Gasteiger partial charge in [0.25, 0.3) is 0 Å². The molecule has 1 aromatic rings. The van der Waals surface area contributed by atoms with E-state index in [2.05, 4.69) is 20.8 Å². The van der Waals surface area contributed by atoms with E-state index >= 15 is 0 Å². The fourth-order valence-corrected chi connectivity index (χ4v) is 1.88. The predicted octanol–water partition coefficient (Wildman–Crippen LogP) is 3.70. The quantitative estimate of drug-likeness (QED) is 0.704. The summed E-state index contributed by atoms with van der Waals surface area (Å²) in [5, 5.41) is 0. The van der Waals surface area contributed by atoms with Gasteiger partial charge >= 0.3 is 5.97 Å². The summed E-state index contributed by atoms with van der Waals surface area (Å²) in [5.41, 5.74) is 2.13. The molecular weight excluding hydrogens is 240 g/mol. The lowest BCUT2D eigenvalue weighted by molar-refractivity contribution is -0.142. The van der Waals surface area contributed by atoms with Gasteiger partial charge in [-0.15, -0.1) is 0 Å². The Balaban J connectivity index is 2.86. The molecular formula is C16H24O3. The van der Waals surface area contributed by atoms with Gasteiger partial charge < -0.3 is 9.47 Å². The van der Waals surface area contributed by atoms with Crippen LogP contribution in [0.25, 0.3) is 0 Å². The van der Waals surface area contributed by atoms with Crippen LogP contribution in [0.4, 0.5) is 0 Å². The molecule has 0 spiro atoms. The van der Waals surface area contributed by atoms with Crippen LogP contribution in [-0.2, 0) is 16.0 Å². The molecule has 1 rings (SSSR count). The summed E-state index contributed by atoms with van der Waals surface area (Å²) >= 11 is 0. The maximum absolute atomic E-state index is 11.5. The standard InChI is InChI=1S/C16H24O3/c1-5-9-19-15-8-7-13(10-14(15)12(3)4)11-16(17)18-6-2/h7-8,10,12H,5-6,9,11H2,1-4H3. The van der Waals surface area contributed by atoms with E-state index in [1.807, 2.05) is 25.1 Å². The van der Waals surface area contributed by atoms with Crippen LogP contribution in [0.2, 0.25) is 0 Å². The molecule has 0 aromatic heterocycles. The zero-order valence-corrected chi connectivity index (χ0v) is 12.4. The second kappa shape index (κ2) is 7.82. The summed E-state index contributed by atoms with van der Waals surface area (Å²) in [6, 6.07) is 5.94. The van der Waals surface area contributed by atoms with Gasteiger partial charge in [0, 0.05) is 0 Å². The molecule has 1 aromatic carbocycles.